The molecule has 1 aliphatic rings. The smallest absolute Gasteiger partial charge is 0.387 e. The summed E-state index contributed by atoms with van der Waals surface area (Å²) < 4.78 is 29.2. The highest BCUT2D eigenvalue weighted by atomic mass is 19.3. The third-order valence-corrected chi connectivity index (χ3v) is 3.82. The van der Waals surface area contributed by atoms with Crippen LogP contribution in [0.25, 0.3) is 0 Å². The number of carbonyl (C=O) groups excluding carboxylic acids is 1. The largest absolute Gasteiger partial charge is 0.434 e. The first-order valence-electron chi connectivity index (χ1n) is 7.07. The summed E-state index contributed by atoms with van der Waals surface area (Å²) in [6.45, 7) is 0.147. The minimum atomic E-state index is -2.95. The van der Waals surface area contributed by atoms with Crippen molar-refractivity contribution in [3.63, 3.8) is 0 Å². The molecule has 0 saturated carbocycles. The molecule has 1 aromatic rings. The van der Waals surface area contributed by atoms with E-state index >= 15 is 0 Å². The van der Waals surface area contributed by atoms with E-state index in [1.54, 1.807) is 17.0 Å². The van der Waals surface area contributed by atoms with Crippen LogP contribution in [0.3, 0.4) is 0 Å². The van der Waals surface area contributed by atoms with Crippen molar-refractivity contribution in [3.05, 3.63) is 29.8 Å². The summed E-state index contributed by atoms with van der Waals surface area (Å²) in [4.78, 5) is 14.2. The Kier molecular flexibility index (Phi) is 5.12. The van der Waals surface area contributed by atoms with Gasteiger partial charge in [-0.1, -0.05) is 12.1 Å². The van der Waals surface area contributed by atoms with Crippen LogP contribution >= 0.6 is 0 Å². The monoisotopic (exact) mass is 298 g/mol. The Hall–Kier alpha value is -1.69. The van der Waals surface area contributed by atoms with Gasteiger partial charge in [0, 0.05) is 19.1 Å². The first-order valence-corrected chi connectivity index (χ1v) is 7.07. The van der Waals surface area contributed by atoms with E-state index in [4.69, 9.17) is 5.73 Å². The number of nitrogens with two attached hydrogens (primary N) is 1. The number of para-hydroxylation sites is 1. The van der Waals surface area contributed by atoms with E-state index < -0.39 is 6.61 Å². The van der Waals surface area contributed by atoms with Gasteiger partial charge < -0.3 is 15.4 Å². The molecule has 0 radical (unpaired) electrons. The maximum absolute atomic E-state index is 12.5. The molecule has 2 N–H and O–H groups in total. The number of hydrogen-bond donors (Lipinski definition) is 1. The van der Waals surface area contributed by atoms with Crippen LogP contribution in [0.5, 0.6) is 5.75 Å². The Bertz CT molecular complexity index is 494. The molecule has 2 unspecified atom stereocenters. The van der Waals surface area contributed by atoms with Crippen molar-refractivity contribution in [1.29, 1.82) is 0 Å². The summed E-state index contributed by atoms with van der Waals surface area (Å²) in [5.74, 6) is -0.122. The van der Waals surface area contributed by atoms with Gasteiger partial charge in [0.15, 0.2) is 0 Å². The lowest BCUT2D eigenvalue weighted by Crippen LogP contribution is -2.45. The molecule has 1 aromatic carbocycles. The molecule has 1 saturated heterocycles. The van der Waals surface area contributed by atoms with Gasteiger partial charge in [-0.15, -0.1) is 0 Å². The molecule has 0 aromatic heterocycles. The van der Waals surface area contributed by atoms with Crippen LogP contribution in [0, 0.1) is 5.92 Å². The van der Waals surface area contributed by atoms with Crippen molar-refractivity contribution >= 4 is 5.91 Å². The van der Waals surface area contributed by atoms with E-state index in [2.05, 4.69) is 4.74 Å². The highest BCUT2D eigenvalue weighted by Gasteiger charge is 2.28. The summed E-state index contributed by atoms with van der Waals surface area (Å²) >= 11 is 0. The number of piperidine rings is 1. The van der Waals surface area contributed by atoms with Crippen molar-refractivity contribution in [3.8, 4) is 5.75 Å². The van der Waals surface area contributed by atoms with Gasteiger partial charge in [0.05, 0.1) is 5.56 Å². The van der Waals surface area contributed by atoms with Crippen molar-refractivity contribution in [2.75, 3.05) is 13.1 Å². The van der Waals surface area contributed by atoms with E-state index in [0.717, 1.165) is 12.8 Å². The molecule has 4 nitrogen and oxygen atoms in total. The van der Waals surface area contributed by atoms with E-state index in [0.29, 0.717) is 13.1 Å². The number of carbonyl (C=O) groups is 1. The maximum atomic E-state index is 12.5. The van der Waals surface area contributed by atoms with Crippen molar-refractivity contribution < 1.29 is 18.3 Å². The number of benzene rings is 1. The van der Waals surface area contributed by atoms with E-state index in [9.17, 15) is 13.6 Å². The third kappa shape index (κ3) is 3.91. The molecule has 116 valence electrons. The standard InChI is InChI=1S/C15H20F2N2O2/c1-10(18)11-5-4-8-19(9-11)14(20)12-6-2-3-7-13(12)21-15(16)17/h2-3,6-7,10-11,15H,4-5,8-9,18H2,1H3. The topological polar surface area (TPSA) is 55.6 Å². The van der Waals surface area contributed by atoms with E-state index in [-0.39, 0.29) is 29.2 Å². The third-order valence-electron chi connectivity index (χ3n) is 3.82. The first kappa shape index (κ1) is 15.7. The molecule has 0 aliphatic carbocycles. The number of ether oxygens (including phenoxy) is 1. The fourth-order valence-corrected chi connectivity index (χ4v) is 2.64. The summed E-state index contributed by atoms with van der Waals surface area (Å²) in [7, 11) is 0. The maximum Gasteiger partial charge on any atom is 0.387 e. The summed E-state index contributed by atoms with van der Waals surface area (Å²) in [5, 5.41) is 0. The van der Waals surface area contributed by atoms with Gasteiger partial charge in [-0.25, -0.2) is 0 Å². The number of nitrogens with zero attached hydrogens (tertiary/aromatic N) is 1. The molecule has 1 amide bonds. The number of amides is 1. The highest BCUT2D eigenvalue weighted by molar-refractivity contribution is 5.97. The van der Waals surface area contributed by atoms with Gasteiger partial charge >= 0.3 is 6.61 Å². The minimum Gasteiger partial charge on any atom is -0.434 e. The number of halogens is 2. The molecule has 1 fully saturated rings. The van der Waals surface area contributed by atoms with E-state index in [1.807, 2.05) is 6.92 Å². The second-order valence-electron chi connectivity index (χ2n) is 5.39. The van der Waals surface area contributed by atoms with Crippen molar-refractivity contribution in [1.82, 2.24) is 4.90 Å². The molecule has 1 heterocycles. The Morgan fingerprint density at radius 1 is 1.43 bits per heavy atom. The molecule has 21 heavy (non-hydrogen) atoms. The van der Waals surface area contributed by atoms with Crippen LogP contribution < -0.4 is 10.5 Å². The second kappa shape index (κ2) is 6.85. The molecule has 0 spiro atoms. The molecular weight excluding hydrogens is 278 g/mol. The molecule has 6 heteroatoms. The number of hydrogen-bond acceptors (Lipinski definition) is 3. The Morgan fingerprint density at radius 3 is 2.81 bits per heavy atom. The molecular formula is C15H20F2N2O2. The van der Waals surface area contributed by atoms with Gasteiger partial charge in [0.2, 0.25) is 0 Å². The molecule has 0 bridgehead atoms. The Balaban J connectivity index is 2.16. The first-order chi connectivity index (χ1) is 9.99. The van der Waals surface area contributed by atoms with Gasteiger partial charge in [-0.2, -0.15) is 8.78 Å². The average molecular weight is 298 g/mol. The lowest BCUT2D eigenvalue weighted by Gasteiger charge is -2.34. The summed E-state index contributed by atoms with van der Waals surface area (Å²) in [6.07, 6.45) is 1.85. The zero-order chi connectivity index (χ0) is 15.4. The van der Waals surface area contributed by atoms with Gasteiger partial charge in [0.1, 0.15) is 5.75 Å². The van der Waals surface area contributed by atoms with Crippen molar-refractivity contribution in [2.45, 2.75) is 32.4 Å². The molecule has 2 atom stereocenters. The molecule has 2 rings (SSSR count). The number of likely N-dealkylation sites (tertiary alicyclic amines) is 1. The van der Waals surface area contributed by atoms with Crippen LogP contribution in [0.2, 0.25) is 0 Å². The number of rotatable bonds is 4. The highest BCUT2D eigenvalue weighted by Crippen LogP contribution is 2.25. The van der Waals surface area contributed by atoms with Crippen LogP contribution in [0.15, 0.2) is 24.3 Å². The van der Waals surface area contributed by atoms with Gasteiger partial charge in [-0.3, -0.25) is 4.79 Å². The fraction of sp³-hybridized carbons (Fsp3) is 0.533. The quantitative estimate of drug-likeness (QED) is 0.929. The average Bonchev–Trinajstić information content (AvgIpc) is 2.46. The van der Waals surface area contributed by atoms with E-state index in [1.165, 1.54) is 12.1 Å². The Morgan fingerprint density at radius 2 is 2.14 bits per heavy atom. The fourth-order valence-electron chi connectivity index (χ4n) is 2.64. The van der Waals surface area contributed by atoms with Gasteiger partial charge in [-0.05, 0) is 37.8 Å². The normalized spacial score (nSPS) is 20.4. The SMILES string of the molecule is CC(N)C1CCCN(C(=O)c2ccccc2OC(F)F)C1. The Labute approximate surface area is 122 Å². The van der Waals surface area contributed by atoms with Crippen LogP contribution in [0.1, 0.15) is 30.1 Å². The van der Waals surface area contributed by atoms with Gasteiger partial charge in [0.25, 0.3) is 5.91 Å². The lowest BCUT2D eigenvalue weighted by molar-refractivity contribution is -0.0503. The summed E-state index contributed by atoms with van der Waals surface area (Å²) in [5.41, 5.74) is 6.07. The van der Waals surface area contributed by atoms with Crippen LogP contribution in [-0.2, 0) is 0 Å². The zero-order valence-corrected chi connectivity index (χ0v) is 12.0. The second-order valence-corrected chi connectivity index (χ2v) is 5.39. The lowest BCUT2D eigenvalue weighted by atomic mass is 9.92. The predicted octanol–water partition coefficient (Wildman–Crippen LogP) is 2.49. The van der Waals surface area contributed by atoms with Crippen LogP contribution in [-0.4, -0.2) is 36.5 Å². The minimum absolute atomic E-state index is 0.00755. The zero-order valence-electron chi connectivity index (χ0n) is 12.0. The number of alkyl halides is 2. The van der Waals surface area contributed by atoms with Crippen molar-refractivity contribution in [2.24, 2.45) is 11.7 Å². The predicted molar refractivity (Wildman–Crippen MR) is 75.4 cm³/mol. The molecule has 1 aliphatic heterocycles. The summed E-state index contributed by atoms with van der Waals surface area (Å²) in [6, 6.07) is 6.10. The van der Waals surface area contributed by atoms with Crippen LogP contribution in [0.4, 0.5) is 8.78 Å².